The van der Waals surface area contributed by atoms with Gasteiger partial charge in [0.1, 0.15) is 5.75 Å². The summed E-state index contributed by atoms with van der Waals surface area (Å²) in [6, 6.07) is 11.3. The fraction of sp³-hybridized carbons (Fsp3) is 0.273. The highest BCUT2D eigenvalue weighted by Gasteiger charge is 2.30. The first-order chi connectivity index (χ1) is 12.7. The molecule has 2 aromatic rings. The van der Waals surface area contributed by atoms with E-state index in [1.165, 1.54) is 13.8 Å². The van der Waals surface area contributed by atoms with Crippen molar-refractivity contribution in [1.29, 1.82) is 0 Å². The zero-order valence-corrected chi connectivity index (χ0v) is 17.0. The second kappa shape index (κ2) is 8.44. The van der Waals surface area contributed by atoms with Gasteiger partial charge in [0.2, 0.25) is 0 Å². The lowest BCUT2D eigenvalue weighted by atomic mass is 10.0. The molecule has 142 valence electrons. The maximum atomic E-state index is 12.5. The van der Waals surface area contributed by atoms with Crippen LogP contribution in [0.3, 0.4) is 0 Å². The second-order valence-corrected chi connectivity index (χ2v) is 7.65. The second-order valence-electron chi connectivity index (χ2n) is 6.80. The molecule has 0 unspecified atom stereocenters. The van der Waals surface area contributed by atoms with E-state index in [0.29, 0.717) is 11.3 Å². The Morgan fingerprint density at radius 1 is 1.11 bits per heavy atom. The van der Waals surface area contributed by atoms with Gasteiger partial charge in [-0.25, -0.2) is 4.79 Å². The highest BCUT2D eigenvalue weighted by Crippen LogP contribution is 2.29. The Hall–Kier alpha value is -2.53. The van der Waals surface area contributed by atoms with E-state index < -0.39 is 11.6 Å². The van der Waals surface area contributed by atoms with Crippen LogP contribution >= 0.6 is 11.8 Å². The number of hydrogen-bond donors (Lipinski definition) is 1. The number of carboxylic acid groups (broad SMARTS) is 1. The predicted molar refractivity (Wildman–Crippen MR) is 110 cm³/mol. The number of aliphatic carboxylic acids is 1. The number of rotatable bonds is 7. The summed E-state index contributed by atoms with van der Waals surface area (Å²) in [4.78, 5) is 24.8. The predicted octanol–water partition coefficient (Wildman–Crippen LogP) is 5.16. The van der Waals surface area contributed by atoms with Crippen molar-refractivity contribution in [3.8, 4) is 5.75 Å². The first kappa shape index (κ1) is 20.8. The number of carbonyl (C=O) groups excluding carboxylic acids is 1. The lowest BCUT2D eigenvalue weighted by molar-refractivity contribution is -0.152. The first-order valence-electron chi connectivity index (χ1n) is 8.55. The van der Waals surface area contributed by atoms with Crippen molar-refractivity contribution in [3.63, 3.8) is 0 Å². The monoisotopic (exact) mass is 384 g/mol. The van der Waals surface area contributed by atoms with Crippen LogP contribution in [0.1, 0.15) is 40.9 Å². The van der Waals surface area contributed by atoms with Gasteiger partial charge in [0.05, 0.1) is 0 Å². The first-order valence-corrected chi connectivity index (χ1v) is 9.77. The van der Waals surface area contributed by atoms with Gasteiger partial charge < -0.3 is 9.84 Å². The van der Waals surface area contributed by atoms with Gasteiger partial charge in [-0.3, -0.25) is 4.79 Å². The summed E-state index contributed by atoms with van der Waals surface area (Å²) >= 11 is 1.54. The van der Waals surface area contributed by atoms with E-state index in [-0.39, 0.29) is 5.78 Å². The number of thioether (sulfide) groups is 1. The third kappa shape index (κ3) is 5.01. The Labute approximate surface area is 164 Å². The molecule has 2 aromatic carbocycles. The fourth-order valence-corrected chi connectivity index (χ4v) is 3.25. The minimum Gasteiger partial charge on any atom is -0.478 e. The molecule has 0 amide bonds. The van der Waals surface area contributed by atoms with E-state index in [9.17, 15) is 14.7 Å². The summed E-state index contributed by atoms with van der Waals surface area (Å²) in [5.74, 6) is -0.524. The molecule has 0 aromatic heterocycles. The minimum absolute atomic E-state index is 0.0532. The van der Waals surface area contributed by atoms with E-state index in [1.54, 1.807) is 23.9 Å². The van der Waals surface area contributed by atoms with Crippen LogP contribution < -0.4 is 4.74 Å². The Bertz CT molecular complexity index is 874. The van der Waals surface area contributed by atoms with Crippen molar-refractivity contribution in [3.05, 3.63) is 64.7 Å². The molecular weight excluding hydrogens is 360 g/mol. The van der Waals surface area contributed by atoms with Crippen molar-refractivity contribution < 1.29 is 19.4 Å². The molecule has 0 aliphatic rings. The zero-order chi connectivity index (χ0) is 20.2. The lowest BCUT2D eigenvalue weighted by Crippen LogP contribution is -2.38. The van der Waals surface area contributed by atoms with Crippen LogP contribution in [0.2, 0.25) is 0 Å². The van der Waals surface area contributed by atoms with Crippen LogP contribution in [0.4, 0.5) is 0 Å². The Balaban J connectivity index is 2.27. The average Bonchev–Trinajstić information content (AvgIpc) is 2.62. The van der Waals surface area contributed by atoms with Gasteiger partial charge >= 0.3 is 5.97 Å². The van der Waals surface area contributed by atoms with Crippen LogP contribution in [0, 0.1) is 13.8 Å². The lowest BCUT2D eigenvalue weighted by Gasteiger charge is -2.24. The SMILES string of the molecule is CSc1ccccc1C(=O)/C=C/c1cc(C)c(OC(C)(C)C(=O)O)c(C)c1. The molecule has 1 N–H and O–H groups in total. The molecule has 0 bridgehead atoms. The Kier molecular flexibility index (Phi) is 6.50. The van der Waals surface area contributed by atoms with Gasteiger partial charge in [-0.15, -0.1) is 11.8 Å². The van der Waals surface area contributed by atoms with Gasteiger partial charge in [-0.2, -0.15) is 0 Å². The summed E-state index contributed by atoms with van der Waals surface area (Å²) in [7, 11) is 0. The maximum Gasteiger partial charge on any atom is 0.347 e. The molecule has 0 atom stereocenters. The van der Waals surface area contributed by atoms with Crippen LogP contribution in [0.5, 0.6) is 5.75 Å². The van der Waals surface area contributed by atoms with Crippen LogP contribution in [-0.2, 0) is 4.79 Å². The molecule has 4 nitrogen and oxygen atoms in total. The number of aryl methyl sites for hydroxylation is 2. The highest BCUT2D eigenvalue weighted by atomic mass is 32.2. The molecule has 5 heteroatoms. The highest BCUT2D eigenvalue weighted by molar-refractivity contribution is 7.98. The van der Waals surface area contributed by atoms with Crippen LogP contribution in [0.15, 0.2) is 47.4 Å². The third-order valence-electron chi connectivity index (χ3n) is 4.15. The molecule has 0 heterocycles. The molecule has 0 fully saturated rings. The topological polar surface area (TPSA) is 63.6 Å². The molecule has 27 heavy (non-hydrogen) atoms. The quantitative estimate of drug-likeness (QED) is 0.406. The summed E-state index contributed by atoms with van der Waals surface area (Å²) < 4.78 is 5.71. The van der Waals surface area contributed by atoms with E-state index in [1.807, 2.05) is 56.5 Å². The van der Waals surface area contributed by atoms with Gasteiger partial charge in [-0.05, 0) is 81.0 Å². The molecule has 0 aliphatic heterocycles. The molecule has 0 saturated carbocycles. The maximum absolute atomic E-state index is 12.5. The average molecular weight is 384 g/mol. The summed E-state index contributed by atoms with van der Waals surface area (Å²) in [5, 5.41) is 9.26. The standard InChI is InChI=1S/C22H24O4S/c1-14-12-16(13-15(2)20(14)26-22(3,4)21(24)25)10-11-18(23)17-8-6-7-9-19(17)27-5/h6-13H,1-5H3,(H,24,25)/b11-10+. The molecule has 0 spiro atoms. The summed E-state index contributed by atoms with van der Waals surface area (Å²) in [5.41, 5.74) is 1.87. The van der Waals surface area contributed by atoms with E-state index in [0.717, 1.165) is 21.6 Å². The van der Waals surface area contributed by atoms with Crippen molar-refractivity contribution in [2.24, 2.45) is 0 Å². The normalized spacial score (nSPS) is 11.6. The van der Waals surface area contributed by atoms with Gasteiger partial charge in [0.15, 0.2) is 11.4 Å². The van der Waals surface area contributed by atoms with Crippen molar-refractivity contribution >= 4 is 29.6 Å². The van der Waals surface area contributed by atoms with Crippen molar-refractivity contribution in [1.82, 2.24) is 0 Å². The van der Waals surface area contributed by atoms with E-state index >= 15 is 0 Å². The van der Waals surface area contributed by atoms with E-state index in [2.05, 4.69) is 0 Å². The number of carboxylic acids is 1. The summed E-state index contributed by atoms with van der Waals surface area (Å²) in [6.07, 6.45) is 5.27. The third-order valence-corrected chi connectivity index (χ3v) is 4.95. The number of ether oxygens (including phenoxy) is 1. The largest absolute Gasteiger partial charge is 0.478 e. The molecule has 0 aliphatic carbocycles. The Morgan fingerprint density at radius 2 is 1.70 bits per heavy atom. The molecule has 0 saturated heterocycles. The zero-order valence-electron chi connectivity index (χ0n) is 16.2. The number of carbonyl (C=O) groups is 2. The molecule has 0 radical (unpaired) electrons. The molecular formula is C22H24O4S. The minimum atomic E-state index is -1.32. The molecule has 2 rings (SSSR count). The van der Waals surface area contributed by atoms with Crippen molar-refractivity contribution in [2.45, 2.75) is 38.2 Å². The van der Waals surface area contributed by atoms with E-state index in [4.69, 9.17) is 4.74 Å². The smallest absolute Gasteiger partial charge is 0.347 e. The number of allylic oxidation sites excluding steroid dienone is 1. The van der Waals surface area contributed by atoms with Gasteiger partial charge in [-0.1, -0.05) is 18.2 Å². The summed E-state index contributed by atoms with van der Waals surface area (Å²) in [6.45, 7) is 6.76. The van der Waals surface area contributed by atoms with Gasteiger partial charge in [0, 0.05) is 10.5 Å². The fourth-order valence-electron chi connectivity index (χ4n) is 2.65. The Morgan fingerprint density at radius 3 is 2.26 bits per heavy atom. The van der Waals surface area contributed by atoms with Crippen molar-refractivity contribution in [2.75, 3.05) is 6.26 Å². The number of hydrogen-bond acceptors (Lipinski definition) is 4. The van der Waals surface area contributed by atoms with Crippen LogP contribution in [-0.4, -0.2) is 28.7 Å². The number of ketones is 1. The van der Waals surface area contributed by atoms with Gasteiger partial charge in [0.25, 0.3) is 0 Å². The number of benzene rings is 2. The van der Waals surface area contributed by atoms with Crippen LogP contribution in [0.25, 0.3) is 6.08 Å².